The molecule has 1 aromatic rings. The van der Waals surface area contributed by atoms with Crippen LogP contribution in [0.15, 0.2) is 24.3 Å². The number of aliphatic carboxylic acids is 1. The highest BCUT2D eigenvalue weighted by Gasteiger charge is 2.59. The van der Waals surface area contributed by atoms with Crippen molar-refractivity contribution in [3.05, 3.63) is 35.6 Å². The first-order valence-corrected chi connectivity index (χ1v) is 9.48. The summed E-state index contributed by atoms with van der Waals surface area (Å²) in [5.41, 5.74) is -0.911. The number of hydrogen-bond acceptors (Lipinski definition) is 3. The minimum absolute atomic E-state index is 0.0136. The van der Waals surface area contributed by atoms with E-state index in [4.69, 9.17) is 0 Å². The molecule has 0 unspecified atom stereocenters. The Morgan fingerprint density at radius 3 is 2.37 bits per heavy atom. The van der Waals surface area contributed by atoms with Crippen molar-refractivity contribution in [3.8, 4) is 0 Å². The summed E-state index contributed by atoms with van der Waals surface area (Å²) in [6.45, 7) is 0.844. The Bertz CT molecular complexity index is 792. The molecule has 27 heavy (non-hydrogen) atoms. The molecular formula is C20H23FN2O4. The van der Waals surface area contributed by atoms with Gasteiger partial charge in [0.2, 0.25) is 5.91 Å². The molecule has 0 aromatic heterocycles. The molecule has 7 heteroatoms. The number of carbonyl (C=O) groups excluding carboxylic acids is 2. The second kappa shape index (κ2) is 6.62. The van der Waals surface area contributed by atoms with E-state index in [0.29, 0.717) is 6.54 Å². The van der Waals surface area contributed by atoms with Crippen LogP contribution in [0.3, 0.4) is 0 Å². The maximum absolute atomic E-state index is 13.4. The molecule has 2 atom stereocenters. The van der Waals surface area contributed by atoms with Crippen LogP contribution in [0, 0.1) is 23.1 Å². The standard InChI is InChI=1S/C20H23FN2O4/c21-16-7-3-6-14(8-16)18(25)23-10-15-9-22(11-20(15,12-23)19(26)27)17(24)13-4-1-2-5-13/h3,6-8,13,15H,1-2,4-5,9-12H2,(H,26,27)/t15-,20-/m1/s1. The predicted octanol–water partition coefficient (Wildman–Crippen LogP) is 2.00. The van der Waals surface area contributed by atoms with Crippen molar-refractivity contribution in [1.82, 2.24) is 9.80 Å². The highest BCUT2D eigenvalue weighted by atomic mass is 19.1. The number of likely N-dealkylation sites (tertiary alicyclic amines) is 2. The SMILES string of the molecule is O=C(c1cccc(F)c1)N1C[C@H]2CN(C(=O)C3CCCC3)C[C@@]2(C(=O)O)C1. The lowest BCUT2D eigenvalue weighted by Crippen LogP contribution is -2.44. The van der Waals surface area contributed by atoms with Gasteiger partial charge in [0.1, 0.15) is 11.2 Å². The maximum atomic E-state index is 13.4. The zero-order valence-electron chi connectivity index (χ0n) is 15.1. The lowest BCUT2D eigenvalue weighted by Gasteiger charge is -2.27. The Morgan fingerprint density at radius 1 is 1.07 bits per heavy atom. The lowest BCUT2D eigenvalue weighted by molar-refractivity contribution is -0.149. The van der Waals surface area contributed by atoms with Crippen molar-refractivity contribution >= 4 is 17.8 Å². The molecule has 144 valence electrons. The van der Waals surface area contributed by atoms with Gasteiger partial charge in [0.05, 0.1) is 0 Å². The van der Waals surface area contributed by atoms with Gasteiger partial charge in [-0.3, -0.25) is 14.4 Å². The zero-order valence-corrected chi connectivity index (χ0v) is 15.1. The number of rotatable bonds is 3. The molecule has 1 aromatic carbocycles. The molecule has 1 N–H and O–H groups in total. The first kappa shape index (κ1) is 17.9. The molecule has 0 bridgehead atoms. The molecule has 1 aliphatic carbocycles. The third kappa shape index (κ3) is 2.99. The summed E-state index contributed by atoms with van der Waals surface area (Å²) >= 11 is 0. The van der Waals surface area contributed by atoms with Crippen molar-refractivity contribution in [3.63, 3.8) is 0 Å². The van der Waals surface area contributed by atoms with E-state index in [9.17, 15) is 23.9 Å². The van der Waals surface area contributed by atoms with E-state index in [1.807, 2.05) is 0 Å². The summed E-state index contributed by atoms with van der Waals surface area (Å²) < 4.78 is 13.4. The number of carboxylic acids is 1. The average molecular weight is 374 g/mol. The number of benzene rings is 1. The van der Waals surface area contributed by atoms with E-state index < -0.39 is 17.2 Å². The van der Waals surface area contributed by atoms with E-state index in [2.05, 4.69) is 0 Å². The monoisotopic (exact) mass is 374 g/mol. The van der Waals surface area contributed by atoms with Crippen LogP contribution in [0.2, 0.25) is 0 Å². The third-order valence-electron chi connectivity index (χ3n) is 6.41. The minimum atomic E-state index is -1.13. The van der Waals surface area contributed by atoms with Crippen LogP contribution in [0.5, 0.6) is 0 Å². The number of amides is 2. The van der Waals surface area contributed by atoms with Gasteiger partial charge < -0.3 is 14.9 Å². The van der Waals surface area contributed by atoms with E-state index in [1.54, 1.807) is 4.90 Å². The molecule has 1 saturated carbocycles. The van der Waals surface area contributed by atoms with E-state index in [1.165, 1.54) is 29.2 Å². The van der Waals surface area contributed by atoms with Crippen molar-refractivity contribution in [2.45, 2.75) is 25.7 Å². The van der Waals surface area contributed by atoms with E-state index >= 15 is 0 Å². The molecule has 0 radical (unpaired) electrons. The third-order valence-corrected chi connectivity index (χ3v) is 6.41. The van der Waals surface area contributed by atoms with E-state index in [0.717, 1.165) is 25.7 Å². The number of fused-ring (bicyclic) bond motifs is 1. The predicted molar refractivity (Wildman–Crippen MR) is 94.4 cm³/mol. The molecule has 2 amide bonds. The van der Waals surface area contributed by atoms with Gasteiger partial charge in [-0.05, 0) is 31.0 Å². The van der Waals surface area contributed by atoms with Gasteiger partial charge in [-0.15, -0.1) is 0 Å². The maximum Gasteiger partial charge on any atom is 0.313 e. The van der Waals surface area contributed by atoms with Crippen LogP contribution in [-0.2, 0) is 9.59 Å². The van der Waals surface area contributed by atoms with Crippen molar-refractivity contribution in [1.29, 1.82) is 0 Å². The quantitative estimate of drug-likeness (QED) is 0.878. The molecule has 3 aliphatic rings. The van der Waals surface area contributed by atoms with E-state index in [-0.39, 0.29) is 48.8 Å². The molecule has 3 fully saturated rings. The highest BCUT2D eigenvalue weighted by Crippen LogP contribution is 2.44. The normalized spacial score (nSPS) is 27.8. The van der Waals surface area contributed by atoms with Crippen LogP contribution >= 0.6 is 0 Å². The molecule has 6 nitrogen and oxygen atoms in total. The molecule has 4 rings (SSSR count). The Kier molecular flexibility index (Phi) is 4.40. The van der Waals surface area contributed by atoms with Crippen molar-refractivity contribution in [2.75, 3.05) is 26.2 Å². The zero-order chi connectivity index (χ0) is 19.2. The average Bonchev–Trinajstić information content (AvgIpc) is 3.35. The second-order valence-corrected chi connectivity index (χ2v) is 8.05. The van der Waals surface area contributed by atoms with Crippen LogP contribution in [-0.4, -0.2) is 58.9 Å². The summed E-state index contributed by atoms with van der Waals surface area (Å²) in [5, 5.41) is 9.92. The number of hydrogen-bond donors (Lipinski definition) is 1. The molecule has 0 spiro atoms. The van der Waals surface area contributed by atoms with Crippen molar-refractivity contribution < 1.29 is 23.9 Å². The molecule has 2 saturated heterocycles. The number of carbonyl (C=O) groups is 3. The fourth-order valence-electron chi connectivity index (χ4n) is 4.93. The smallest absolute Gasteiger partial charge is 0.313 e. The van der Waals surface area contributed by atoms with Gasteiger partial charge >= 0.3 is 5.97 Å². The number of carboxylic acid groups (broad SMARTS) is 1. The molecule has 2 heterocycles. The van der Waals surface area contributed by atoms with Crippen LogP contribution in [0.25, 0.3) is 0 Å². The summed E-state index contributed by atoms with van der Waals surface area (Å²) in [5.74, 6) is -2.05. The van der Waals surface area contributed by atoms with Gasteiger partial charge in [0.15, 0.2) is 0 Å². The van der Waals surface area contributed by atoms with Gasteiger partial charge in [-0.2, -0.15) is 0 Å². The largest absolute Gasteiger partial charge is 0.481 e. The number of halogens is 1. The van der Waals surface area contributed by atoms with Gasteiger partial charge in [0, 0.05) is 43.6 Å². The fourth-order valence-corrected chi connectivity index (χ4v) is 4.93. The first-order chi connectivity index (χ1) is 12.9. The van der Waals surface area contributed by atoms with Gasteiger partial charge in [-0.25, -0.2) is 4.39 Å². The van der Waals surface area contributed by atoms with Crippen molar-refractivity contribution in [2.24, 2.45) is 17.3 Å². The number of nitrogens with zero attached hydrogens (tertiary/aromatic N) is 2. The fraction of sp³-hybridized carbons (Fsp3) is 0.550. The Balaban J connectivity index is 1.51. The lowest BCUT2D eigenvalue weighted by atomic mass is 9.81. The molecular weight excluding hydrogens is 351 g/mol. The van der Waals surface area contributed by atoms with Crippen LogP contribution in [0.1, 0.15) is 36.0 Å². The first-order valence-electron chi connectivity index (χ1n) is 9.48. The molecule has 2 aliphatic heterocycles. The Labute approximate surface area is 156 Å². The summed E-state index contributed by atoms with van der Waals surface area (Å²) in [6, 6.07) is 5.43. The summed E-state index contributed by atoms with van der Waals surface area (Å²) in [6.07, 6.45) is 3.86. The van der Waals surface area contributed by atoms with Gasteiger partial charge in [-0.1, -0.05) is 18.9 Å². The summed E-state index contributed by atoms with van der Waals surface area (Å²) in [4.78, 5) is 40.7. The Hall–Kier alpha value is -2.44. The highest BCUT2D eigenvalue weighted by molar-refractivity contribution is 5.95. The van der Waals surface area contributed by atoms with Crippen LogP contribution in [0.4, 0.5) is 4.39 Å². The Morgan fingerprint density at radius 2 is 1.74 bits per heavy atom. The van der Waals surface area contributed by atoms with Gasteiger partial charge in [0.25, 0.3) is 5.91 Å². The van der Waals surface area contributed by atoms with Crippen LogP contribution < -0.4 is 0 Å². The second-order valence-electron chi connectivity index (χ2n) is 8.05. The summed E-state index contributed by atoms with van der Waals surface area (Å²) in [7, 11) is 0. The minimum Gasteiger partial charge on any atom is -0.481 e. The topological polar surface area (TPSA) is 77.9 Å².